The van der Waals surface area contributed by atoms with Gasteiger partial charge in [-0.2, -0.15) is 0 Å². The smallest absolute Gasteiger partial charge is 0.317 e. The SMILES string of the molecule is CB(C)O.CCOC1CN(C(=O)NC)C1. The molecule has 0 aromatic carbocycles. The molecule has 1 aliphatic heterocycles. The highest BCUT2D eigenvalue weighted by atomic mass is 16.5. The molecule has 0 aliphatic carbocycles. The van der Waals surface area contributed by atoms with E-state index < -0.39 is 0 Å². The number of urea groups is 1. The maximum absolute atomic E-state index is 10.9. The van der Waals surface area contributed by atoms with Crippen LogP contribution in [-0.2, 0) is 4.74 Å². The first-order valence-electron chi connectivity index (χ1n) is 5.27. The van der Waals surface area contributed by atoms with Crippen LogP contribution in [0.25, 0.3) is 0 Å². The van der Waals surface area contributed by atoms with Crippen LogP contribution >= 0.6 is 0 Å². The molecule has 6 heteroatoms. The monoisotopic (exact) mass is 216 g/mol. The van der Waals surface area contributed by atoms with Crippen LogP contribution in [0.15, 0.2) is 0 Å². The topological polar surface area (TPSA) is 61.8 Å². The van der Waals surface area contributed by atoms with Crippen molar-refractivity contribution >= 4 is 12.9 Å². The Morgan fingerprint density at radius 3 is 2.40 bits per heavy atom. The predicted molar refractivity (Wildman–Crippen MR) is 61.1 cm³/mol. The number of carbonyl (C=O) groups is 1. The van der Waals surface area contributed by atoms with Crippen molar-refractivity contribution in [3.05, 3.63) is 0 Å². The minimum atomic E-state index is -0.167. The molecule has 2 amide bonds. The van der Waals surface area contributed by atoms with Crippen molar-refractivity contribution in [1.82, 2.24) is 10.2 Å². The highest BCUT2D eigenvalue weighted by molar-refractivity contribution is 6.46. The summed E-state index contributed by atoms with van der Waals surface area (Å²) in [5.41, 5.74) is 0. The maximum atomic E-state index is 10.9. The van der Waals surface area contributed by atoms with E-state index in [2.05, 4.69) is 5.32 Å². The Morgan fingerprint density at radius 1 is 1.60 bits per heavy atom. The maximum Gasteiger partial charge on any atom is 0.317 e. The van der Waals surface area contributed by atoms with Crippen molar-refractivity contribution in [3.8, 4) is 0 Å². The van der Waals surface area contributed by atoms with E-state index in [4.69, 9.17) is 9.76 Å². The zero-order valence-corrected chi connectivity index (χ0v) is 9.99. The van der Waals surface area contributed by atoms with E-state index in [0.717, 1.165) is 19.7 Å². The van der Waals surface area contributed by atoms with Crippen molar-refractivity contribution in [2.75, 3.05) is 26.7 Å². The fourth-order valence-electron chi connectivity index (χ4n) is 1.10. The van der Waals surface area contributed by atoms with Crippen LogP contribution in [0.4, 0.5) is 4.79 Å². The van der Waals surface area contributed by atoms with Gasteiger partial charge in [0.05, 0.1) is 19.2 Å². The van der Waals surface area contributed by atoms with Crippen molar-refractivity contribution < 1.29 is 14.6 Å². The molecule has 0 atom stereocenters. The fraction of sp³-hybridized carbons (Fsp3) is 0.889. The molecule has 1 aliphatic rings. The van der Waals surface area contributed by atoms with E-state index in [1.54, 1.807) is 25.6 Å². The Labute approximate surface area is 91.9 Å². The third kappa shape index (κ3) is 6.35. The van der Waals surface area contributed by atoms with Gasteiger partial charge in [0.1, 0.15) is 0 Å². The van der Waals surface area contributed by atoms with Crippen LogP contribution in [0.5, 0.6) is 0 Å². The molecule has 1 fully saturated rings. The predicted octanol–water partition coefficient (Wildman–Crippen LogP) is 0.276. The molecule has 1 rings (SSSR count). The molecule has 0 aromatic rings. The number of carbonyl (C=O) groups excluding carboxylic acids is 1. The first kappa shape index (κ1) is 14.3. The summed E-state index contributed by atoms with van der Waals surface area (Å²) in [5.74, 6) is 0. The molecule has 5 nitrogen and oxygen atoms in total. The molecule has 0 spiro atoms. The molecule has 0 bridgehead atoms. The number of likely N-dealkylation sites (tertiary alicyclic amines) is 1. The van der Waals surface area contributed by atoms with Crippen LogP contribution in [-0.4, -0.2) is 55.7 Å². The molecule has 0 radical (unpaired) electrons. The zero-order valence-electron chi connectivity index (χ0n) is 9.99. The molecular formula is C9H21BN2O3. The van der Waals surface area contributed by atoms with Gasteiger partial charge in [0.15, 0.2) is 0 Å². The number of rotatable bonds is 2. The molecule has 15 heavy (non-hydrogen) atoms. The third-order valence-corrected chi connectivity index (χ3v) is 1.75. The van der Waals surface area contributed by atoms with Crippen LogP contribution in [0.3, 0.4) is 0 Å². The highest BCUT2D eigenvalue weighted by Crippen LogP contribution is 2.10. The lowest BCUT2D eigenvalue weighted by atomic mass is 9.76. The molecule has 0 aromatic heterocycles. The van der Waals surface area contributed by atoms with Gasteiger partial charge >= 0.3 is 6.03 Å². The van der Waals surface area contributed by atoms with Crippen molar-refractivity contribution in [3.63, 3.8) is 0 Å². The van der Waals surface area contributed by atoms with Gasteiger partial charge in [-0.15, -0.1) is 0 Å². The van der Waals surface area contributed by atoms with E-state index in [9.17, 15) is 4.79 Å². The number of nitrogens with one attached hydrogen (secondary N) is 1. The summed E-state index contributed by atoms with van der Waals surface area (Å²) in [6.45, 7) is 7.43. The molecule has 1 saturated heterocycles. The van der Waals surface area contributed by atoms with Gasteiger partial charge < -0.3 is 20.0 Å². The lowest BCUT2D eigenvalue weighted by molar-refractivity contribution is -0.0296. The number of nitrogens with zero attached hydrogens (tertiary/aromatic N) is 1. The van der Waals surface area contributed by atoms with Gasteiger partial charge in [-0.05, 0) is 6.92 Å². The highest BCUT2D eigenvalue weighted by Gasteiger charge is 2.29. The number of amides is 2. The third-order valence-electron chi connectivity index (χ3n) is 1.75. The number of ether oxygens (including phenoxy) is 1. The average Bonchev–Trinajstić information content (AvgIpc) is 2.08. The molecule has 1 heterocycles. The minimum absolute atomic E-state index is 0.0130. The first-order valence-corrected chi connectivity index (χ1v) is 5.27. The number of hydrogen-bond acceptors (Lipinski definition) is 3. The van der Waals surface area contributed by atoms with Crippen LogP contribution in [0, 0.1) is 0 Å². The Hall–Kier alpha value is -0.745. The second-order valence-corrected chi connectivity index (χ2v) is 3.63. The number of hydrogen-bond donors (Lipinski definition) is 2. The second kappa shape index (κ2) is 7.53. The lowest BCUT2D eigenvalue weighted by Crippen LogP contribution is -2.57. The fourth-order valence-corrected chi connectivity index (χ4v) is 1.10. The summed E-state index contributed by atoms with van der Waals surface area (Å²) in [6.07, 6.45) is 0.261. The molecular weight excluding hydrogens is 195 g/mol. The van der Waals surface area contributed by atoms with E-state index in [1.807, 2.05) is 6.92 Å². The van der Waals surface area contributed by atoms with E-state index in [1.165, 1.54) is 0 Å². The van der Waals surface area contributed by atoms with Crippen molar-refractivity contribution in [2.24, 2.45) is 0 Å². The Kier molecular flexibility index (Phi) is 7.16. The minimum Gasteiger partial charge on any atom is -0.451 e. The first-order chi connectivity index (χ1) is 7.01. The van der Waals surface area contributed by atoms with E-state index >= 15 is 0 Å². The summed E-state index contributed by atoms with van der Waals surface area (Å²) in [7, 11) is 1.64. The summed E-state index contributed by atoms with van der Waals surface area (Å²) in [6, 6.07) is -0.0130. The summed E-state index contributed by atoms with van der Waals surface area (Å²) < 4.78 is 5.28. The lowest BCUT2D eigenvalue weighted by Gasteiger charge is -2.38. The second-order valence-electron chi connectivity index (χ2n) is 3.63. The van der Waals surface area contributed by atoms with Gasteiger partial charge in [-0.25, -0.2) is 4.79 Å². The van der Waals surface area contributed by atoms with Gasteiger partial charge in [0, 0.05) is 13.7 Å². The van der Waals surface area contributed by atoms with Crippen LogP contribution in [0.1, 0.15) is 6.92 Å². The standard InChI is InChI=1S/C7H14N2O2.C2H7BO/c1-3-11-6-4-9(5-6)7(10)8-2;1-3(2)4/h6H,3-5H2,1-2H3,(H,8,10);4H,1-2H3. The van der Waals surface area contributed by atoms with Gasteiger partial charge in [0.25, 0.3) is 6.92 Å². The molecule has 2 N–H and O–H groups in total. The Morgan fingerprint density at radius 2 is 2.07 bits per heavy atom. The molecule has 0 unspecified atom stereocenters. The van der Waals surface area contributed by atoms with E-state index in [0.29, 0.717) is 0 Å². The van der Waals surface area contributed by atoms with Gasteiger partial charge in [0.2, 0.25) is 0 Å². The van der Waals surface area contributed by atoms with Crippen LogP contribution in [0.2, 0.25) is 13.6 Å². The van der Waals surface area contributed by atoms with E-state index in [-0.39, 0.29) is 19.1 Å². The molecule has 88 valence electrons. The summed E-state index contributed by atoms with van der Waals surface area (Å²) in [4.78, 5) is 12.6. The van der Waals surface area contributed by atoms with Crippen molar-refractivity contribution in [2.45, 2.75) is 26.7 Å². The quantitative estimate of drug-likeness (QED) is 0.651. The Bertz CT molecular complexity index is 181. The average molecular weight is 216 g/mol. The van der Waals surface area contributed by atoms with Crippen molar-refractivity contribution in [1.29, 1.82) is 0 Å². The zero-order chi connectivity index (χ0) is 11.8. The Balaban J connectivity index is 0.000000423. The molecule has 0 saturated carbocycles. The largest absolute Gasteiger partial charge is 0.451 e. The van der Waals surface area contributed by atoms with Crippen LogP contribution < -0.4 is 5.32 Å². The summed E-state index contributed by atoms with van der Waals surface area (Å²) >= 11 is 0. The summed E-state index contributed by atoms with van der Waals surface area (Å²) in [5, 5.41) is 10.6. The van der Waals surface area contributed by atoms with Gasteiger partial charge in [-0.3, -0.25) is 0 Å². The normalized spacial score (nSPS) is 14.9. The van der Waals surface area contributed by atoms with Gasteiger partial charge in [-0.1, -0.05) is 13.6 Å².